The van der Waals surface area contributed by atoms with E-state index in [1.807, 2.05) is 0 Å². The summed E-state index contributed by atoms with van der Waals surface area (Å²) in [6, 6.07) is -9.68. The summed E-state index contributed by atoms with van der Waals surface area (Å²) in [6.45, 7) is 0. The van der Waals surface area contributed by atoms with Crippen molar-refractivity contribution in [3.63, 3.8) is 0 Å². The van der Waals surface area contributed by atoms with Gasteiger partial charge in [0.2, 0.25) is 0 Å². The summed E-state index contributed by atoms with van der Waals surface area (Å²) in [4.78, 5) is 0. The van der Waals surface area contributed by atoms with Crippen LogP contribution < -0.4 is 0 Å². The van der Waals surface area contributed by atoms with Gasteiger partial charge < -0.3 is 14.9 Å². The highest BCUT2D eigenvalue weighted by Crippen LogP contribution is 2.15. The van der Waals surface area contributed by atoms with Gasteiger partial charge >= 0.3 is 24.1 Å². The molecular weight excluding hydrogens is 172 g/mol. The van der Waals surface area contributed by atoms with Crippen LogP contribution in [0, 0.1) is 0 Å². The molecule has 0 aliphatic heterocycles. The Morgan fingerprint density at radius 2 is 1.09 bits per heavy atom. The van der Waals surface area contributed by atoms with Crippen molar-refractivity contribution in [2.45, 2.75) is 0 Å². The monoisotopic (exact) mass is 174 g/mol. The van der Waals surface area contributed by atoms with Gasteiger partial charge in [0.1, 0.15) is 0 Å². The highest BCUT2D eigenvalue weighted by molar-refractivity contribution is 4.89. The zero-order chi connectivity index (χ0) is 9.02. The Kier molecular flexibility index (Phi) is 3.22. The van der Waals surface area contributed by atoms with Gasteiger partial charge in [0, 0.05) is 0 Å². The molecule has 0 aromatic rings. The largest absolute Gasteiger partial charge is 0.482 e. The molecule has 0 rings (SSSR count). The van der Waals surface area contributed by atoms with Crippen LogP contribution in [0.25, 0.3) is 0 Å². The van der Waals surface area contributed by atoms with Gasteiger partial charge in [-0.05, 0) is 0 Å². The van der Waals surface area contributed by atoms with Crippen LogP contribution in [-0.4, -0.2) is 10.2 Å². The molecule has 11 heavy (non-hydrogen) atoms. The highest BCUT2D eigenvalue weighted by atomic mass is 19.2. The Morgan fingerprint density at radius 3 is 1.27 bits per heavy atom. The zero-order valence-corrected chi connectivity index (χ0v) is 4.81. The third-order valence-corrected chi connectivity index (χ3v) is 0.504. The predicted molar refractivity (Wildman–Crippen MR) is 24.8 cm³/mol. The molecule has 2 N–H and O–H groups in total. The molecule has 0 atom stereocenters. The van der Waals surface area contributed by atoms with Gasteiger partial charge in [-0.1, -0.05) is 0 Å². The van der Waals surface area contributed by atoms with Gasteiger partial charge in [0.05, 0.1) is 0 Å². The molecule has 3 nitrogen and oxygen atoms in total. The number of halogens is 4. The lowest BCUT2D eigenvalue weighted by atomic mass is 10.9. The highest BCUT2D eigenvalue weighted by Gasteiger charge is 2.12. The van der Waals surface area contributed by atoms with E-state index < -0.39 is 24.1 Å². The Hall–Kier alpha value is -1.40. The maximum absolute atomic E-state index is 11.6. The Morgan fingerprint density at radius 1 is 0.818 bits per heavy atom. The van der Waals surface area contributed by atoms with E-state index >= 15 is 0 Å². The summed E-state index contributed by atoms with van der Waals surface area (Å²) >= 11 is 0. The van der Waals surface area contributed by atoms with E-state index in [0.717, 1.165) is 0 Å². The molecule has 0 aromatic heterocycles. The van der Waals surface area contributed by atoms with Crippen molar-refractivity contribution < 1.29 is 32.5 Å². The average Bonchev–Trinajstić information content (AvgIpc) is 1.87. The maximum atomic E-state index is 11.6. The van der Waals surface area contributed by atoms with Crippen molar-refractivity contribution in [1.82, 2.24) is 0 Å². The molecule has 0 fully saturated rings. The molecule has 0 amide bonds. The molecular formula is C4H2F4O3. The lowest BCUT2D eigenvalue weighted by Crippen LogP contribution is -1.89. The fourth-order valence-electron chi connectivity index (χ4n) is 0.163. The van der Waals surface area contributed by atoms with E-state index in [1.54, 1.807) is 0 Å². The van der Waals surface area contributed by atoms with E-state index in [4.69, 9.17) is 10.2 Å². The van der Waals surface area contributed by atoms with Crippen LogP contribution in [0.2, 0.25) is 0 Å². The third kappa shape index (κ3) is 3.33. The van der Waals surface area contributed by atoms with Crippen molar-refractivity contribution in [2.24, 2.45) is 0 Å². The second-order valence-corrected chi connectivity index (χ2v) is 1.23. The lowest BCUT2D eigenvalue weighted by molar-refractivity contribution is 0.0847. The van der Waals surface area contributed by atoms with Crippen molar-refractivity contribution in [3.05, 3.63) is 24.1 Å². The molecule has 0 heterocycles. The fraction of sp³-hybridized carbons (Fsp3) is 0. The zero-order valence-electron chi connectivity index (χ0n) is 4.81. The number of hydrogen-bond acceptors (Lipinski definition) is 3. The van der Waals surface area contributed by atoms with E-state index in [1.165, 1.54) is 0 Å². The molecule has 0 saturated heterocycles. The molecule has 0 radical (unpaired) electrons. The molecule has 0 unspecified atom stereocenters. The van der Waals surface area contributed by atoms with Gasteiger partial charge in [-0.2, -0.15) is 17.6 Å². The second-order valence-electron chi connectivity index (χ2n) is 1.23. The van der Waals surface area contributed by atoms with Crippen molar-refractivity contribution in [2.75, 3.05) is 0 Å². The minimum absolute atomic E-state index is 2.38. The van der Waals surface area contributed by atoms with E-state index in [-0.39, 0.29) is 0 Å². The first-order valence-electron chi connectivity index (χ1n) is 2.11. The van der Waals surface area contributed by atoms with Crippen LogP contribution in [0.5, 0.6) is 0 Å². The van der Waals surface area contributed by atoms with Gasteiger partial charge in [-0.3, -0.25) is 0 Å². The smallest absolute Gasteiger partial charge is 0.354 e. The molecule has 64 valence electrons. The number of ether oxygens (including phenoxy) is 1. The van der Waals surface area contributed by atoms with E-state index in [9.17, 15) is 17.6 Å². The minimum atomic E-state index is -2.46. The summed E-state index contributed by atoms with van der Waals surface area (Å²) in [5.74, 6) is 0. The van der Waals surface area contributed by atoms with Crippen molar-refractivity contribution in [3.8, 4) is 0 Å². The lowest BCUT2D eigenvalue weighted by Gasteiger charge is -1.95. The Bertz CT molecular complexity index is 179. The Balaban J connectivity index is 4.30. The van der Waals surface area contributed by atoms with Crippen LogP contribution in [0.3, 0.4) is 0 Å². The van der Waals surface area contributed by atoms with E-state index in [0.29, 0.717) is 0 Å². The van der Waals surface area contributed by atoms with Crippen LogP contribution in [0.1, 0.15) is 0 Å². The summed E-state index contributed by atoms with van der Waals surface area (Å²) < 4.78 is 48.7. The summed E-state index contributed by atoms with van der Waals surface area (Å²) in [5, 5.41) is 15.1. The van der Waals surface area contributed by atoms with E-state index in [2.05, 4.69) is 4.74 Å². The van der Waals surface area contributed by atoms with Crippen LogP contribution in [-0.2, 0) is 4.74 Å². The number of hydrogen-bond donors (Lipinski definition) is 2. The summed E-state index contributed by atoms with van der Waals surface area (Å²) in [7, 11) is 0. The van der Waals surface area contributed by atoms with Gasteiger partial charge in [-0.15, -0.1) is 0 Å². The quantitative estimate of drug-likeness (QED) is 0.498. The number of aliphatic hydroxyl groups is 2. The summed E-state index contributed by atoms with van der Waals surface area (Å²) in [6.07, 6.45) is 0. The molecule has 0 spiro atoms. The molecule has 0 saturated carbocycles. The third-order valence-electron chi connectivity index (χ3n) is 0.504. The Labute approximate surface area is 57.8 Å². The van der Waals surface area contributed by atoms with Crippen molar-refractivity contribution >= 4 is 0 Å². The summed E-state index contributed by atoms with van der Waals surface area (Å²) in [5.41, 5.74) is 0. The topological polar surface area (TPSA) is 49.7 Å². The number of rotatable bonds is 2. The maximum Gasteiger partial charge on any atom is 0.354 e. The minimum Gasteiger partial charge on any atom is -0.482 e. The first-order chi connectivity index (χ1) is 4.95. The van der Waals surface area contributed by atoms with Crippen LogP contribution >= 0.6 is 0 Å². The first kappa shape index (κ1) is 9.60. The molecule has 7 heteroatoms. The standard InChI is InChI=1S/C4H2F4O3/c5-1(9)3(7)11-4(8)2(6)10/h9-10H. The first-order valence-corrected chi connectivity index (χ1v) is 2.11. The fourth-order valence-corrected chi connectivity index (χ4v) is 0.163. The average molecular weight is 174 g/mol. The second kappa shape index (κ2) is 3.69. The van der Waals surface area contributed by atoms with Crippen molar-refractivity contribution in [1.29, 1.82) is 0 Å². The SMILES string of the molecule is OC(F)=C(F)OC(F)=C(O)F. The van der Waals surface area contributed by atoms with Gasteiger partial charge in [0.25, 0.3) is 0 Å². The number of aliphatic hydroxyl groups excluding tert-OH is 2. The van der Waals surface area contributed by atoms with Gasteiger partial charge in [-0.25, -0.2) is 0 Å². The van der Waals surface area contributed by atoms with Gasteiger partial charge in [0.15, 0.2) is 0 Å². The molecule has 0 bridgehead atoms. The molecule has 0 aliphatic carbocycles. The normalized spacial score (nSPS) is 15.3. The predicted octanol–water partition coefficient (Wildman–Crippen LogP) is 2.25. The molecule has 0 aromatic carbocycles. The van der Waals surface area contributed by atoms with Crippen LogP contribution in [0.15, 0.2) is 24.1 Å². The van der Waals surface area contributed by atoms with Crippen LogP contribution in [0.4, 0.5) is 17.6 Å². The molecule has 0 aliphatic rings.